The molecule has 6 heteroatoms. The molecule has 1 aliphatic heterocycles. The number of aromatic hydroxyl groups is 1. The van der Waals surface area contributed by atoms with Crippen LogP contribution >= 0.6 is 31.9 Å². The SMILES string of the molecule is COc1ccc(C2=NC(C(C)C)NC(c3cc(Br)cc(Br)c3O)C2)cc1. The Morgan fingerprint density at radius 3 is 2.50 bits per heavy atom. The van der Waals surface area contributed by atoms with Crippen molar-refractivity contribution in [3.05, 3.63) is 56.5 Å². The summed E-state index contributed by atoms with van der Waals surface area (Å²) in [5.74, 6) is 1.43. The lowest BCUT2D eigenvalue weighted by Gasteiger charge is -2.32. The molecule has 2 aromatic carbocycles. The van der Waals surface area contributed by atoms with Crippen LogP contribution in [0.4, 0.5) is 0 Å². The van der Waals surface area contributed by atoms with Gasteiger partial charge in [0.15, 0.2) is 0 Å². The summed E-state index contributed by atoms with van der Waals surface area (Å²) >= 11 is 6.95. The predicted molar refractivity (Wildman–Crippen MR) is 112 cm³/mol. The van der Waals surface area contributed by atoms with Crippen LogP contribution in [0.3, 0.4) is 0 Å². The molecule has 0 fully saturated rings. The van der Waals surface area contributed by atoms with E-state index in [2.05, 4.69) is 51.0 Å². The third-order valence-corrected chi connectivity index (χ3v) is 5.61. The van der Waals surface area contributed by atoms with E-state index < -0.39 is 0 Å². The molecule has 0 aliphatic carbocycles. The van der Waals surface area contributed by atoms with E-state index >= 15 is 0 Å². The molecule has 3 rings (SSSR count). The van der Waals surface area contributed by atoms with Gasteiger partial charge in [0.25, 0.3) is 0 Å². The molecule has 0 amide bonds. The van der Waals surface area contributed by atoms with Crippen molar-refractivity contribution in [2.75, 3.05) is 7.11 Å². The fourth-order valence-corrected chi connectivity index (χ4v) is 4.34. The number of benzene rings is 2. The lowest BCUT2D eigenvalue weighted by molar-refractivity contribution is 0.345. The summed E-state index contributed by atoms with van der Waals surface area (Å²) in [5.41, 5.74) is 2.97. The van der Waals surface area contributed by atoms with Crippen LogP contribution in [0.5, 0.6) is 11.5 Å². The van der Waals surface area contributed by atoms with Gasteiger partial charge in [0.2, 0.25) is 0 Å². The van der Waals surface area contributed by atoms with Crippen molar-refractivity contribution in [1.29, 1.82) is 0 Å². The average molecular weight is 482 g/mol. The van der Waals surface area contributed by atoms with Gasteiger partial charge in [-0.25, -0.2) is 0 Å². The first-order chi connectivity index (χ1) is 12.4. The first-order valence-electron chi connectivity index (χ1n) is 8.54. The van der Waals surface area contributed by atoms with Gasteiger partial charge in [-0.15, -0.1) is 0 Å². The van der Waals surface area contributed by atoms with Crippen molar-refractivity contribution in [2.45, 2.75) is 32.5 Å². The fraction of sp³-hybridized carbons (Fsp3) is 0.350. The van der Waals surface area contributed by atoms with Crippen molar-refractivity contribution in [1.82, 2.24) is 5.32 Å². The second kappa shape index (κ2) is 8.11. The van der Waals surface area contributed by atoms with Crippen LogP contribution in [0.2, 0.25) is 0 Å². The Morgan fingerprint density at radius 2 is 1.88 bits per heavy atom. The Hall–Kier alpha value is -1.37. The topological polar surface area (TPSA) is 53.8 Å². The number of hydrogen-bond acceptors (Lipinski definition) is 4. The Balaban J connectivity index is 1.98. The van der Waals surface area contributed by atoms with E-state index in [4.69, 9.17) is 9.73 Å². The monoisotopic (exact) mass is 480 g/mol. The van der Waals surface area contributed by atoms with Crippen molar-refractivity contribution in [3.63, 3.8) is 0 Å². The van der Waals surface area contributed by atoms with Crippen molar-refractivity contribution < 1.29 is 9.84 Å². The van der Waals surface area contributed by atoms with Crippen molar-refractivity contribution >= 4 is 37.6 Å². The van der Waals surface area contributed by atoms with E-state index in [-0.39, 0.29) is 18.0 Å². The minimum Gasteiger partial charge on any atom is -0.506 e. The minimum atomic E-state index is -0.0224. The van der Waals surface area contributed by atoms with E-state index in [1.807, 2.05) is 36.4 Å². The molecule has 0 saturated carbocycles. The Bertz CT molecular complexity index is 819. The van der Waals surface area contributed by atoms with Crippen LogP contribution in [0.15, 0.2) is 50.3 Å². The molecule has 4 nitrogen and oxygen atoms in total. The molecule has 1 heterocycles. The molecule has 0 bridgehead atoms. The van der Waals surface area contributed by atoms with Gasteiger partial charge in [-0.05, 0) is 63.8 Å². The van der Waals surface area contributed by atoms with E-state index in [0.29, 0.717) is 16.8 Å². The first kappa shape index (κ1) is 19.4. The van der Waals surface area contributed by atoms with Gasteiger partial charge in [-0.1, -0.05) is 29.8 Å². The number of aliphatic imine (C=N–C) groups is 1. The number of phenolic OH excluding ortho intramolecular Hbond substituents is 1. The first-order valence-corrected chi connectivity index (χ1v) is 10.1. The lowest BCUT2D eigenvalue weighted by Crippen LogP contribution is -2.41. The number of ether oxygens (including phenoxy) is 1. The summed E-state index contributed by atoms with van der Waals surface area (Å²) < 4.78 is 6.86. The van der Waals surface area contributed by atoms with E-state index in [9.17, 15) is 5.11 Å². The molecule has 0 spiro atoms. The number of halogens is 2. The normalized spacial score (nSPS) is 20.2. The van der Waals surface area contributed by atoms with Crippen LogP contribution in [0.25, 0.3) is 0 Å². The molecule has 2 aromatic rings. The molecule has 2 atom stereocenters. The molecule has 0 aromatic heterocycles. The third-order valence-electron chi connectivity index (χ3n) is 4.55. The number of nitrogens with zero attached hydrogens (tertiary/aromatic N) is 1. The third kappa shape index (κ3) is 4.13. The van der Waals surface area contributed by atoms with Crippen molar-refractivity contribution in [2.24, 2.45) is 10.9 Å². The molecule has 0 radical (unpaired) electrons. The largest absolute Gasteiger partial charge is 0.506 e. The highest BCUT2D eigenvalue weighted by Crippen LogP contribution is 2.38. The predicted octanol–water partition coefficient (Wildman–Crippen LogP) is 5.43. The fourth-order valence-electron chi connectivity index (χ4n) is 3.08. The summed E-state index contributed by atoms with van der Waals surface area (Å²) in [6, 6.07) is 11.8. The van der Waals surface area contributed by atoms with Crippen LogP contribution < -0.4 is 10.1 Å². The van der Waals surface area contributed by atoms with Gasteiger partial charge >= 0.3 is 0 Å². The number of nitrogens with one attached hydrogen (secondary N) is 1. The molecule has 26 heavy (non-hydrogen) atoms. The summed E-state index contributed by atoms with van der Waals surface area (Å²) in [7, 11) is 1.66. The maximum Gasteiger partial charge on any atom is 0.134 e. The van der Waals surface area contributed by atoms with Gasteiger partial charge in [-0.3, -0.25) is 10.3 Å². The highest BCUT2D eigenvalue weighted by atomic mass is 79.9. The van der Waals surface area contributed by atoms with Gasteiger partial charge < -0.3 is 9.84 Å². The lowest BCUT2D eigenvalue weighted by atomic mass is 9.93. The Labute approximate surface area is 170 Å². The van der Waals surface area contributed by atoms with Gasteiger partial charge in [0.05, 0.1) is 11.6 Å². The zero-order valence-electron chi connectivity index (χ0n) is 15.0. The molecule has 2 N–H and O–H groups in total. The number of rotatable bonds is 4. The van der Waals surface area contributed by atoms with E-state index in [1.54, 1.807) is 7.11 Å². The standard InChI is InChI=1S/C20H22Br2N2O2/c1-11(2)20-23-17(12-4-6-14(26-3)7-5-12)10-18(24-20)15-8-13(21)9-16(22)19(15)25/h4-9,11,18,20,24-25H,10H2,1-3H3. The zero-order valence-corrected chi connectivity index (χ0v) is 18.1. The van der Waals surface area contributed by atoms with Crippen molar-refractivity contribution in [3.8, 4) is 11.5 Å². The highest BCUT2D eigenvalue weighted by Gasteiger charge is 2.29. The highest BCUT2D eigenvalue weighted by molar-refractivity contribution is 9.11. The minimum absolute atomic E-state index is 0.0111. The van der Waals surface area contributed by atoms with E-state index in [1.165, 1.54) is 0 Å². The molecular formula is C20H22Br2N2O2. The molecule has 2 unspecified atom stereocenters. The van der Waals surface area contributed by atoms with Gasteiger partial charge in [0, 0.05) is 28.2 Å². The second-order valence-corrected chi connectivity index (χ2v) is 8.51. The summed E-state index contributed by atoms with van der Waals surface area (Å²) in [6.07, 6.45) is 0.689. The smallest absolute Gasteiger partial charge is 0.134 e. The van der Waals surface area contributed by atoms with Crippen LogP contribution in [0.1, 0.15) is 37.4 Å². The average Bonchev–Trinajstić information content (AvgIpc) is 2.64. The number of hydrogen-bond donors (Lipinski definition) is 2. The number of methoxy groups -OCH3 is 1. The summed E-state index contributed by atoms with van der Waals surface area (Å²) in [5, 5.41) is 14.1. The van der Waals surface area contributed by atoms with Crippen LogP contribution in [-0.2, 0) is 0 Å². The number of phenols is 1. The molecule has 1 aliphatic rings. The van der Waals surface area contributed by atoms with Gasteiger partial charge in [0.1, 0.15) is 17.7 Å². The summed E-state index contributed by atoms with van der Waals surface area (Å²) in [4.78, 5) is 4.92. The quantitative estimate of drug-likeness (QED) is 0.611. The maximum atomic E-state index is 10.6. The van der Waals surface area contributed by atoms with E-state index in [0.717, 1.165) is 27.1 Å². The molecular weight excluding hydrogens is 460 g/mol. The Morgan fingerprint density at radius 1 is 1.19 bits per heavy atom. The zero-order chi connectivity index (χ0) is 18.8. The van der Waals surface area contributed by atoms with Crippen LogP contribution in [0, 0.1) is 5.92 Å². The van der Waals surface area contributed by atoms with Crippen LogP contribution in [-0.4, -0.2) is 24.1 Å². The maximum absolute atomic E-state index is 10.6. The second-order valence-electron chi connectivity index (χ2n) is 6.74. The molecule has 0 saturated heterocycles. The molecule has 138 valence electrons. The van der Waals surface area contributed by atoms with Gasteiger partial charge in [-0.2, -0.15) is 0 Å². The Kier molecular flexibility index (Phi) is 6.05. The summed E-state index contributed by atoms with van der Waals surface area (Å²) in [6.45, 7) is 4.29.